The fraction of sp³-hybridized carbons (Fsp3) is 0.391. The number of nitrogens with zero attached hydrogens (tertiary/aromatic N) is 3. The highest BCUT2D eigenvalue weighted by Crippen LogP contribution is 2.10. The summed E-state index contributed by atoms with van der Waals surface area (Å²) in [5.74, 6) is 0.870. The third-order valence-electron chi connectivity index (χ3n) is 5.08. The van der Waals surface area contributed by atoms with Crippen molar-refractivity contribution in [2.75, 3.05) is 39.8 Å². The van der Waals surface area contributed by atoms with Gasteiger partial charge in [0.05, 0.1) is 6.54 Å². The van der Waals surface area contributed by atoms with E-state index in [0.29, 0.717) is 12.1 Å². The van der Waals surface area contributed by atoms with Crippen molar-refractivity contribution in [3.8, 4) is 0 Å². The van der Waals surface area contributed by atoms with Crippen LogP contribution in [0.15, 0.2) is 59.6 Å². The second-order valence-electron chi connectivity index (χ2n) is 7.20. The molecule has 0 saturated carbocycles. The van der Waals surface area contributed by atoms with Gasteiger partial charge in [-0.25, -0.2) is 4.99 Å². The molecule has 29 heavy (non-hydrogen) atoms. The average molecular weight is 394 g/mol. The van der Waals surface area contributed by atoms with Gasteiger partial charge in [0.15, 0.2) is 5.96 Å². The Kier molecular flexibility index (Phi) is 7.64. The summed E-state index contributed by atoms with van der Waals surface area (Å²) in [6.07, 6.45) is 0. The molecule has 1 fully saturated rings. The molecule has 2 aromatic rings. The van der Waals surface area contributed by atoms with Crippen LogP contribution in [0.3, 0.4) is 0 Å². The largest absolute Gasteiger partial charge is 0.357 e. The third kappa shape index (κ3) is 6.06. The van der Waals surface area contributed by atoms with Crippen molar-refractivity contribution < 1.29 is 4.79 Å². The van der Waals surface area contributed by atoms with Crippen molar-refractivity contribution in [2.45, 2.75) is 20.0 Å². The molecule has 154 valence electrons. The Labute approximate surface area is 173 Å². The molecule has 0 unspecified atom stereocenters. The third-order valence-corrected chi connectivity index (χ3v) is 5.08. The Balaban J connectivity index is 1.59. The summed E-state index contributed by atoms with van der Waals surface area (Å²) in [6, 6.07) is 18.3. The van der Waals surface area contributed by atoms with Gasteiger partial charge in [0, 0.05) is 51.9 Å². The van der Waals surface area contributed by atoms with E-state index in [1.807, 2.05) is 24.3 Å². The van der Waals surface area contributed by atoms with Crippen LogP contribution in [0.4, 0.5) is 0 Å². The normalized spacial score (nSPS) is 15.2. The number of aliphatic imine (C=N–C) groups is 1. The monoisotopic (exact) mass is 393 g/mol. The molecule has 0 bridgehead atoms. The number of hydrogen-bond donors (Lipinski definition) is 2. The summed E-state index contributed by atoms with van der Waals surface area (Å²) >= 11 is 0. The Morgan fingerprint density at radius 1 is 1.00 bits per heavy atom. The summed E-state index contributed by atoms with van der Waals surface area (Å²) in [6.45, 7) is 8.42. The number of carbonyl (C=O) groups is 1. The van der Waals surface area contributed by atoms with Crippen LogP contribution < -0.4 is 10.6 Å². The number of nitrogens with one attached hydrogen (secondary N) is 2. The highest BCUT2D eigenvalue weighted by atomic mass is 16.1. The van der Waals surface area contributed by atoms with Crippen molar-refractivity contribution in [1.82, 2.24) is 20.4 Å². The van der Waals surface area contributed by atoms with Gasteiger partial charge >= 0.3 is 0 Å². The molecule has 0 atom stereocenters. The van der Waals surface area contributed by atoms with Gasteiger partial charge in [-0.1, -0.05) is 42.5 Å². The standard InChI is InChI=1S/C23H31N5O/c1-3-25-23(26-17-20-10-7-11-21(16-20)22(29)24-2)28-14-12-27(13-15-28)18-19-8-5-4-6-9-19/h4-11,16H,3,12-15,17-18H2,1-2H3,(H,24,29)(H,25,26). The predicted molar refractivity (Wildman–Crippen MR) is 118 cm³/mol. The van der Waals surface area contributed by atoms with Gasteiger partial charge in [-0.05, 0) is 30.2 Å². The minimum Gasteiger partial charge on any atom is -0.357 e. The van der Waals surface area contributed by atoms with Gasteiger partial charge in [-0.2, -0.15) is 0 Å². The Morgan fingerprint density at radius 3 is 2.41 bits per heavy atom. The Bertz CT molecular complexity index is 813. The van der Waals surface area contributed by atoms with Crippen LogP contribution >= 0.6 is 0 Å². The van der Waals surface area contributed by atoms with E-state index in [0.717, 1.165) is 50.8 Å². The van der Waals surface area contributed by atoms with Crippen LogP contribution in [0.2, 0.25) is 0 Å². The smallest absolute Gasteiger partial charge is 0.251 e. The predicted octanol–water partition coefficient (Wildman–Crippen LogP) is 2.33. The summed E-state index contributed by atoms with van der Waals surface area (Å²) in [5.41, 5.74) is 3.06. The minimum atomic E-state index is -0.0720. The van der Waals surface area contributed by atoms with Gasteiger partial charge in [-0.15, -0.1) is 0 Å². The van der Waals surface area contributed by atoms with E-state index in [-0.39, 0.29) is 5.91 Å². The van der Waals surface area contributed by atoms with E-state index in [2.05, 4.69) is 57.7 Å². The second-order valence-corrected chi connectivity index (χ2v) is 7.20. The molecule has 0 aliphatic carbocycles. The first-order chi connectivity index (χ1) is 14.2. The zero-order valence-corrected chi connectivity index (χ0v) is 17.4. The number of carbonyl (C=O) groups excluding carboxylic acids is 1. The van der Waals surface area contributed by atoms with Crippen LogP contribution in [-0.2, 0) is 13.1 Å². The fourth-order valence-corrected chi connectivity index (χ4v) is 3.51. The number of rotatable bonds is 6. The number of guanidine groups is 1. The van der Waals surface area contributed by atoms with Crippen molar-refractivity contribution >= 4 is 11.9 Å². The first-order valence-electron chi connectivity index (χ1n) is 10.3. The maximum absolute atomic E-state index is 11.8. The highest BCUT2D eigenvalue weighted by molar-refractivity contribution is 5.94. The molecular weight excluding hydrogens is 362 g/mol. The number of benzene rings is 2. The molecule has 1 saturated heterocycles. The molecule has 0 aromatic heterocycles. The zero-order valence-electron chi connectivity index (χ0n) is 17.4. The van der Waals surface area contributed by atoms with Crippen LogP contribution in [0.1, 0.15) is 28.4 Å². The van der Waals surface area contributed by atoms with Crippen molar-refractivity contribution in [1.29, 1.82) is 0 Å². The summed E-state index contributed by atoms with van der Waals surface area (Å²) in [5, 5.41) is 6.08. The summed E-state index contributed by atoms with van der Waals surface area (Å²) in [4.78, 5) is 21.5. The van der Waals surface area contributed by atoms with Gasteiger partial charge in [-0.3, -0.25) is 9.69 Å². The van der Waals surface area contributed by atoms with E-state index in [4.69, 9.17) is 4.99 Å². The molecule has 2 aromatic carbocycles. The van der Waals surface area contributed by atoms with E-state index in [9.17, 15) is 4.79 Å². The molecule has 6 nitrogen and oxygen atoms in total. The SMILES string of the molecule is CCNC(=NCc1cccc(C(=O)NC)c1)N1CCN(Cc2ccccc2)CC1. The number of piperazine rings is 1. The molecule has 6 heteroatoms. The van der Waals surface area contributed by atoms with Gasteiger partial charge in [0.2, 0.25) is 0 Å². The quantitative estimate of drug-likeness (QED) is 0.584. The number of hydrogen-bond acceptors (Lipinski definition) is 3. The average Bonchev–Trinajstić information content (AvgIpc) is 2.77. The van der Waals surface area contributed by atoms with E-state index in [1.54, 1.807) is 7.05 Å². The lowest BCUT2D eigenvalue weighted by Gasteiger charge is -2.36. The fourth-order valence-electron chi connectivity index (χ4n) is 3.51. The summed E-state index contributed by atoms with van der Waals surface area (Å²) in [7, 11) is 1.65. The van der Waals surface area contributed by atoms with E-state index in [1.165, 1.54) is 5.56 Å². The lowest BCUT2D eigenvalue weighted by atomic mass is 10.1. The summed E-state index contributed by atoms with van der Waals surface area (Å²) < 4.78 is 0. The lowest BCUT2D eigenvalue weighted by molar-refractivity contribution is 0.0963. The van der Waals surface area contributed by atoms with Crippen LogP contribution in [0.25, 0.3) is 0 Å². The Morgan fingerprint density at radius 2 is 1.72 bits per heavy atom. The molecule has 1 aliphatic heterocycles. The van der Waals surface area contributed by atoms with Crippen LogP contribution in [-0.4, -0.2) is 61.4 Å². The zero-order chi connectivity index (χ0) is 20.5. The molecular formula is C23H31N5O. The van der Waals surface area contributed by atoms with Gasteiger partial charge in [0.1, 0.15) is 0 Å². The van der Waals surface area contributed by atoms with Crippen molar-refractivity contribution in [3.05, 3.63) is 71.3 Å². The first kappa shape index (κ1) is 20.9. The molecule has 2 N–H and O–H groups in total. The van der Waals surface area contributed by atoms with Gasteiger partial charge in [0.25, 0.3) is 5.91 Å². The molecule has 1 amide bonds. The molecule has 0 radical (unpaired) electrons. The molecule has 1 aliphatic rings. The number of amides is 1. The molecule has 1 heterocycles. The lowest BCUT2D eigenvalue weighted by Crippen LogP contribution is -2.52. The van der Waals surface area contributed by atoms with Gasteiger partial charge < -0.3 is 15.5 Å². The van der Waals surface area contributed by atoms with Crippen molar-refractivity contribution in [3.63, 3.8) is 0 Å². The Hall–Kier alpha value is -2.86. The van der Waals surface area contributed by atoms with Crippen LogP contribution in [0.5, 0.6) is 0 Å². The first-order valence-corrected chi connectivity index (χ1v) is 10.3. The minimum absolute atomic E-state index is 0.0720. The topological polar surface area (TPSA) is 60.0 Å². The second kappa shape index (κ2) is 10.6. The highest BCUT2D eigenvalue weighted by Gasteiger charge is 2.19. The van der Waals surface area contributed by atoms with E-state index >= 15 is 0 Å². The maximum Gasteiger partial charge on any atom is 0.251 e. The maximum atomic E-state index is 11.8. The van der Waals surface area contributed by atoms with E-state index < -0.39 is 0 Å². The van der Waals surface area contributed by atoms with Crippen LogP contribution in [0, 0.1) is 0 Å². The molecule has 3 rings (SSSR count). The van der Waals surface area contributed by atoms with Crippen molar-refractivity contribution in [2.24, 2.45) is 4.99 Å². The molecule has 0 spiro atoms.